The summed E-state index contributed by atoms with van der Waals surface area (Å²) in [5.74, 6) is 0.888. The van der Waals surface area contributed by atoms with E-state index in [4.69, 9.17) is 4.52 Å². The summed E-state index contributed by atoms with van der Waals surface area (Å²) in [4.78, 5) is 0. The first-order valence-corrected chi connectivity index (χ1v) is 6.78. The highest BCUT2D eigenvalue weighted by atomic mass is 79.9. The van der Waals surface area contributed by atoms with Gasteiger partial charge in [-0.05, 0) is 32.4 Å². The number of aryl methyl sites for hydroxylation is 2. The van der Waals surface area contributed by atoms with Crippen molar-refractivity contribution < 1.29 is 4.52 Å². The molecule has 0 bridgehead atoms. The van der Waals surface area contributed by atoms with Gasteiger partial charge in [-0.1, -0.05) is 39.3 Å². The molecule has 18 heavy (non-hydrogen) atoms. The highest BCUT2D eigenvalue weighted by Crippen LogP contribution is 2.23. The topological polar surface area (TPSA) is 38.1 Å². The Kier molecular flexibility index (Phi) is 4.19. The minimum absolute atomic E-state index is 0.272. The average Bonchev–Trinajstić information content (AvgIpc) is 2.67. The van der Waals surface area contributed by atoms with Crippen LogP contribution in [-0.4, -0.2) is 5.16 Å². The molecule has 1 N–H and O–H groups in total. The van der Waals surface area contributed by atoms with Crippen LogP contribution in [0.5, 0.6) is 0 Å². The zero-order valence-corrected chi connectivity index (χ0v) is 12.4. The number of nitrogens with one attached hydrogen (secondary N) is 1. The Morgan fingerprint density at radius 2 is 2.06 bits per heavy atom. The third-order valence-electron chi connectivity index (χ3n) is 3.14. The second kappa shape index (κ2) is 5.67. The van der Waals surface area contributed by atoms with Crippen LogP contribution in [0.15, 0.2) is 33.3 Å². The van der Waals surface area contributed by atoms with Crippen LogP contribution in [0.4, 0.5) is 0 Å². The van der Waals surface area contributed by atoms with Gasteiger partial charge in [0.25, 0.3) is 0 Å². The maximum Gasteiger partial charge on any atom is 0.138 e. The molecule has 0 aliphatic rings. The molecule has 3 nitrogen and oxygen atoms in total. The van der Waals surface area contributed by atoms with E-state index in [1.54, 1.807) is 0 Å². The van der Waals surface area contributed by atoms with Crippen LogP contribution >= 0.6 is 15.9 Å². The van der Waals surface area contributed by atoms with Gasteiger partial charge in [-0.2, -0.15) is 0 Å². The summed E-state index contributed by atoms with van der Waals surface area (Å²) < 4.78 is 6.29. The summed E-state index contributed by atoms with van der Waals surface area (Å²) in [6.07, 6.45) is 0. The van der Waals surface area contributed by atoms with Gasteiger partial charge >= 0.3 is 0 Å². The quantitative estimate of drug-likeness (QED) is 0.930. The number of halogens is 1. The van der Waals surface area contributed by atoms with Crippen molar-refractivity contribution in [3.05, 3.63) is 51.3 Å². The standard InChI is InChI=1S/C14H17BrN2O/c1-9(12-6-4-5-7-14(12)15)16-8-13-10(2)17-18-11(13)3/h4-7,9,16H,8H2,1-3H3/t9-/m1/s1. The van der Waals surface area contributed by atoms with Crippen LogP contribution in [0, 0.1) is 13.8 Å². The van der Waals surface area contributed by atoms with Crippen molar-refractivity contribution in [1.29, 1.82) is 0 Å². The summed E-state index contributed by atoms with van der Waals surface area (Å²) >= 11 is 3.57. The molecule has 2 aromatic rings. The van der Waals surface area contributed by atoms with Gasteiger partial charge in [0.2, 0.25) is 0 Å². The molecule has 1 heterocycles. The van der Waals surface area contributed by atoms with E-state index in [0.717, 1.165) is 28.0 Å². The lowest BCUT2D eigenvalue weighted by Gasteiger charge is -2.15. The molecule has 0 saturated carbocycles. The highest BCUT2D eigenvalue weighted by Gasteiger charge is 2.12. The molecule has 4 heteroatoms. The molecule has 0 unspecified atom stereocenters. The third kappa shape index (κ3) is 2.82. The van der Waals surface area contributed by atoms with Crippen LogP contribution in [-0.2, 0) is 6.54 Å². The number of hydrogen-bond donors (Lipinski definition) is 1. The number of hydrogen-bond acceptors (Lipinski definition) is 3. The number of aromatic nitrogens is 1. The molecule has 0 fully saturated rings. The molecule has 96 valence electrons. The van der Waals surface area contributed by atoms with Crippen LogP contribution in [0.3, 0.4) is 0 Å². The van der Waals surface area contributed by atoms with E-state index in [9.17, 15) is 0 Å². The monoisotopic (exact) mass is 308 g/mol. The van der Waals surface area contributed by atoms with Crippen molar-refractivity contribution in [2.24, 2.45) is 0 Å². The maximum atomic E-state index is 5.16. The largest absolute Gasteiger partial charge is 0.361 e. The van der Waals surface area contributed by atoms with Crippen LogP contribution in [0.2, 0.25) is 0 Å². The summed E-state index contributed by atoms with van der Waals surface area (Å²) in [6.45, 7) is 6.83. The van der Waals surface area contributed by atoms with Gasteiger partial charge in [0.1, 0.15) is 5.76 Å². The summed E-state index contributed by atoms with van der Waals surface area (Å²) in [6, 6.07) is 8.52. The highest BCUT2D eigenvalue weighted by molar-refractivity contribution is 9.10. The van der Waals surface area contributed by atoms with Gasteiger partial charge in [0.15, 0.2) is 0 Å². The first-order valence-electron chi connectivity index (χ1n) is 5.99. The van der Waals surface area contributed by atoms with E-state index >= 15 is 0 Å². The third-order valence-corrected chi connectivity index (χ3v) is 3.86. The maximum absolute atomic E-state index is 5.16. The lowest BCUT2D eigenvalue weighted by Crippen LogP contribution is -2.19. The van der Waals surface area contributed by atoms with E-state index < -0.39 is 0 Å². The van der Waals surface area contributed by atoms with Crippen molar-refractivity contribution in [2.45, 2.75) is 33.4 Å². The molecule has 1 aromatic heterocycles. The van der Waals surface area contributed by atoms with Crippen molar-refractivity contribution in [3.63, 3.8) is 0 Å². The Morgan fingerprint density at radius 3 is 2.67 bits per heavy atom. The molecule has 0 spiro atoms. The van der Waals surface area contributed by atoms with Gasteiger partial charge in [-0.15, -0.1) is 0 Å². The first kappa shape index (κ1) is 13.3. The fourth-order valence-corrected chi connectivity index (χ4v) is 2.57. The van der Waals surface area contributed by atoms with E-state index in [1.807, 2.05) is 26.0 Å². The van der Waals surface area contributed by atoms with Gasteiger partial charge in [-0.25, -0.2) is 0 Å². The fraction of sp³-hybridized carbons (Fsp3) is 0.357. The fourth-order valence-electron chi connectivity index (χ4n) is 1.95. The average molecular weight is 309 g/mol. The van der Waals surface area contributed by atoms with Gasteiger partial charge < -0.3 is 9.84 Å². The first-order chi connectivity index (χ1) is 8.59. The Morgan fingerprint density at radius 1 is 1.33 bits per heavy atom. The minimum Gasteiger partial charge on any atom is -0.361 e. The van der Waals surface area contributed by atoms with E-state index in [2.05, 4.69) is 45.5 Å². The molecule has 1 atom stereocenters. The summed E-state index contributed by atoms with van der Waals surface area (Å²) in [5, 5.41) is 7.45. The molecule has 0 aliphatic carbocycles. The second-order valence-corrected chi connectivity index (χ2v) is 5.28. The van der Waals surface area contributed by atoms with E-state index in [0.29, 0.717) is 0 Å². The van der Waals surface area contributed by atoms with Crippen molar-refractivity contribution in [2.75, 3.05) is 0 Å². The van der Waals surface area contributed by atoms with Crippen LogP contribution < -0.4 is 5.32 Å². The number of nitrogens with zero attached hydrogens (tertiary/aromatic N) is 1. The van der Waals surface area contributed by atoms with Crippen LogP contribution in [0.25, 0.3) is 0 Å². The second-order valence-electron chi connectivity index (χ2n) is 4.43. The summed E-state index contributed by atoms with van der Waals surface area (Å²) in [7, 11) is 0. The molecule has 0 aliphatic heterocycles. The zero-order valence-electron chi connectivity index (χ0n) is 10.8. The minimum atomic E-state index is 0.272. The van der Waals surface area contributed by atoms with Crippen molar-refractivity contribution in [3.8, 4) is 0 Å². The van der Waals surface area contributed by atoms with E-state index in [-0.39, 0.29) is 6.04 Å². The zero-order chi connectivity index (χ0) is 13.1. The Balaban J connectivity index is 2.05. The van der Waals surface area contributed by atoms with Crippen molar-refractivity contribution in [1.82, 2.24) is 10.5 Å². The lowest BCUT2D eigenvalue weighted by molar-refractivity contribution is 0.391. The lowest BCUT2D eigenvalue weighted by atomic mass is 10.1. The SMILES string of the molecule is Cc1noc(C)c1CN[C@H](C)c1ccccc1Br. The van der Waals surface area contributed by atoms with Crippen molar-refractivity contribution >= 4 is 15.9 Å². The smallest absolute Gasteiger partial charge is 0.138 e. The van der Waals surface area contributed by atoms with E-state index in [1.165, 1.54) is 5.56 Å². The number of benzene rings is 1. The molecular formula is C14H17BrN2O. The number of rotatable bonds is 4. The molecular weight excluding hydrogens is 292 g/mol. The van der Waals surface area contributed by atoms with Gasteiger partial charge in [-0.3, -0.25) is 0 Å². The predicted octanol–water partition coefficient (Wildman–Crippen LogP) is 3.90. The van der Waals surface area contributed by atoms with Gasteiger partial charge in [0, 0.05) is 22.6 Å². The molecule has 0 amide bonds. The Bertz CT molecular complexity index is 517. The Labute approximate surface area is 116 Å². The normalized spacial score (nSPS) is 12.7. The molecule has 0 saturated heterocycles. The molecule has 0 radical (unpaired) electrons. The summed E-state index contributed by atoms with van der Waals surface area (Å²) in [5.41, 5.74) is 3.36. The predicted molar refractivity (Wildman–Crippen MR) is 75.4 cm³/mol. The molecule has 1 aromatic carbocycles. The Hall–Kier alpha value is -1.13. The van der Waals surface area contributed by atoms with Crippen LogP contribution in [0.1, 0.15) is 35.5 Å². The molecule has 2 rings (SSSR count). The van der Waals surface area contributed by atoms with Gasteiger partial charge in [0.05, 0.1) is 5.69 Å².